The number of benzene rings is 2. The average Bonchev–Trinajstić information content (AvgIpc) is 3.43. The Labute approximate surface area is 203 Å². The second kappa shape index (κ2) is 9.05. The molecule has 1 aliphatic carbocycles. The van der Waals surface area contributed by atoms with Gasteiger partial charge in [0.15, 0.2) is 0 Å². The SMILES string of the molecule is CS(=O)(=O)N(Cc1cc2oc(-c3cccc(F)c3)c(C(N)=O)c2cc1C1CC1)CC1COB(O)C1. The number of carbonyl (C=O) groups is 1. The van der Waals surface area contributed by atoms with Gasteiger partial charge in [0.25, 0.3) is 5.91 Å². The fourth-order valence-electron chi connectivity index (χ4n) is 4.78. The van der Waals surface area contributed by atoms with Crippen LogP contribution in [0.2, 0.25) is 6.32 Å². The first-order valence-corrected chi connectivity index (χ1v) is 13.3. The standard InChI is InChI=1S/C24H26BFN2O6S/c1-35(31,32)28(11-14-10-25(30)33-13-14)12-17-8-21-20(9-19(17)15-5-6-15)22(24(27)29)23(34-21)16-3-2-4-18(26)7-16/h2-4,7-9,14-15,30H,5-6,10-13H2,1H3,(H2,27,29). The van der Waals surface area contributed by atoms with Crippen molar-refractivity contribution >= 4 is 34.0 Å². The van der Waals surface area contributed by atoms with Crippen LogP contribution in [0, 0.1) is 11.7 Å². The lowest BCUT2D eigenvalue weighted by Gasteiger charge is -2.24. The second-order valence-corrected chi connectivity index (χ2v) is 11.4. The first-order chi connectivity index (χ1) is 16.6. The molecule has 2 aromatic carbocycles. The number of carbonyl (C=O) groups excluding carboxylic acids is 1. The maximum atomic E-state index is 13.9. The molecular weight excluding hydrogens is 474 g/mol. The number of rotatable bonds is 8. The molecule has 11 heteroatoms. The monoisotopic (exact) mass is 500 g/mol. The first-order valence-electron chi connectivity index (χ1n) is 11.5. The summed E-state index contributed by atoms with van der Waals surface area (Å²) in [6.07, 6.45) is 3.45. The normalized spacial score (nSPS) is 18.6. The quantitative estimate of drug-likeness (QED) is 0.459. The lowest BCUT2D eigenvalue weighted by Crippen LogP contribution is -2.34. The summed E-state index contributed by atoms with van der Waals surface area (Å²) >= 11 is 0. The van der Waals surface area contributed by atoms with Crippen molar-refractivity contribution in [2.24, 2.45) is 11.7 Å². The number of nitrogens with zero attached hydrogens (tertiary/aromatic N) is 1. The van der Waals surface area contributed by atoms with Gasteiger partial charge in [-0.2, -0.15) is 4.31 Å². The molecule has 5 rings (SSSR count). The molecule has 1 unspecified atom stereocenters. The van der Waals surface area contributed by atoms with E-state index in [1.807, 2.05) is 6.07 Å². The second-order valence-electron chi connectivity index (χ2n) is 9.45. The number of sulfonamides is 1. The Morgan fingerprint density at radius 3 is 2.66 bits per heavy atom. The Bertz CT molecular complexity index is 1400. The van der Waals surface area contributed by atoms with Gasteiger partial charge < -0.3 is 19.8 Å². The van der Waals surface area contributed by atoms with E-state index in [2.05, 4.69) is 0 Å². The fraction of sp³-hybridized carbons (Fsp3) is 0.375. The van der Waals surface area contributed by atoms with E-state index in [9.17, 15) is 22.6 Å². The third-order valence-electron chi connectivity index (χ3n) is 6.64. The highest BCUT2D eigenvalue weighted by atomic mass is 32.2. The smallest absolute Gasteiger partial charge is 0.454 e. The molecule has 184 valence electrons. The fourth-order valence-corrected chi connectivity index (χ4v) is 5.64. The third-order valence-corrected chi connectivity index (χ3v) is 7.85. The summed E-state index contributed by atoms with van der Waals surface area (Å²) in [4.78, 5) is 12.4. The number of primary amides is 1. The molecule has 8 nitrogen and oxygen atoms in total. The molecule has 1 aliphatic heterocycles. The minimum Gasteiger partial charge on any atom is -0.455 e. The predicted octanol–water partition coefficient (Wildman–Crippen LogP) is 3.10. The molecule has 35 heavy (non-hydrogen) atoms. The molecule has 3 N–H and O–H groups in total. The highest BCUT2D eigenvalue weighted by Gasteiger charge is 2.34. The number of hydrogen-bond acceptors (Lipinski definition) is 6. The largest absolute Gasteiger partial charge is 0.455 e. The number of nitrogens with two attached hydrogens (primary N) is 1. The van der Waals surface area contributed by atoms with Gasteiger partial charge >= 0.3 is 7.12 Å². The summed E-state index contributed by atoms with van der Waals surface area (Å²) in [6.45, 7) is 0.630. The summed E-state index contributed by atoms with van der Waals surface area (Å²) in [6, 6.07) is 9.36. The van der Waals surface area contributed by atoms with E-state index >= 15 is 0 Å². The van der Waals surface area contributed by atoms with Crippen LogP contribution in [-0.4, -0.2) is 50.2 Å². The van der Waals surface area contributed by atoms with Gasteiger partial charge in [-0.3, -0.25) is 4.79 Å². The summed E-state index contributed by atoms with van der Waals surface area (Å²) in [5.41, 5.74) is 8.38. The van der Waals surface area contributed by atoms with Gasteiger partial charge in [-0.05, 0) is 66.4 Å². The zero-order chi connectivity index (χ0) is 24.9. The van der Waals surface area contributed by atoms with Gasteiger partial charge in [0.1, 0.15) is 17.2 Å². The van der Waals surface area contributed by atoms with Gasteiger partial charge in [0, 0.05) is 30.6 Å². The van der Waals surface area contributed by atoms with E-state index in [-0.39, 0.29) is 36.2 Å². The first kappa shape index (κ1) is 24.0. The Morgan fingerprint density at radius 2 is 2.06 bits per heavy atom. The Hall–Kier alpha value is -2.73. The summed E-state index contributed by atoms with van der Waals surface area (Å²) < 4.78 is 51.8. The Balaban J connectivity index is 1.59. The maximum Gasteiger partial charge on any atom is 0.454 e. The summed E-state index contributed by atoms with van der Waals surface area (Å²) in [5, 5.41) is 10.2. The Kier molecular flexibility index (Phi) is 6.20. The average molecular weight is 500 g/mol. The molecule has 2 aliphatic rings. The third kappa shape index (κ3) is 4.99. The highest BCUT2D eigenvalue weighted by molar-refractivity contribution is 7.88. The molecule has 1 amide bonds. The van der Waals surface area contributed by atoms with Gasteiger partial charge in [-0.15, -0.1) is 0 Å². The summed E-state index contributed by atoms with van der Waals surface area (Å²) in [7, 11) is -4.44. The van der Waals surface area contributed by atoms with Crippen molar-refractivity contribution in [3.8, 4) is 11.3 Å². The van der Waals surface area contributed by atoms with Crippen molar-refractivity contribution in [2.75, 3.05) is 19.4 Å². The van der Waals surface area contributed by atoms with Crippen molar-refractivity contribution in [2.45, 2.75) is 31.6 Å². The van der Waals surface area contributed by atoms with Crippen molar-refractivity contribution < 1.29 is 31.7 Å². The van der Waals surface area contributed by atoms with Crippen molar-refractivity contribution in [3.63, 3.8) is 0 Å². The molecule has 0 radical (unpaired) electrons. The zero-order valence-electron chi connectivity index (χ0n) is 19.2. The molecule has 1 aromatic heterocycles. The molecule has 1 saturated carbocycles. The highest BCUT2D eigenvalue weighted by Crippen LogP contribution is 2.45. The maximum absolute atomic E-state index is 13.9. The predicted molar refractivity (Wildman–Crippen MR) is 130 cm³/mol. The number of amides is 1. The van der Waals surface area contributed by atoms with E-state index in [0.717, 1.165) is 30.2 Å². The topological polar surface area (TPSA) is 123 Å². The van der Waals surface area contributed by atoms with E-state index in [4.69, 9.17) is 14.8 Å². The molecule has 2 fully saturated rings. The molecule has 3 aromatic rings. The van der Waals surface area contributed by atoms with E-state index in [0.29, 0.717) is 29.5 Å². The number of furan rings is 1. The number of hydrogen-bond donors (Lipinski definition) is 2. The van der Waals surface area contributed by atoms with Crippen molar-refractivity contribution in [3.05, 3.63) is 58.9 Å². The van der Waals surface area contributed by atoms with Crippen molar-refractivity contribution in [1.82, 2.24) is 4.31 Å². The Morgan fingerprint density at radius 1 is 1.29 bits per heavy atom. The molecule has 1 saturated heterocycles. The van der Waals surface area contributed by atoms with Crippen LogP contribution in [-0.2, 0) is 21.2 Å². The van der Waals surface area contributed by atoms with Gasteiger partial charge in [0.2, 0.25) is 10.0 Å². The molecule has 1 atom stereocenters. The minimum atomic E-state index is -3.56. The van der Waals surface area contributed by atoms with Crippen LogP contribution in [0.4, 0.5) is 4.39 Å². The van der Waals surface area contributed by atoms with Crippen LogP contribution in [0.25, 0.3) is 22.3 Å². The van der Waals surface area contributed by atoms with Crippen LogP contribution in [0.15, 0.2) is 40.8 Å². The molecule has 0 spiro atoms. The molecule has 2 heterocycles. The lowest BCUT2D eigenvalue weighted by atomic mass is 9.82. The van der Waals surface area contributed by atoms with Crippen LogP contribution in [0.5, 0.6) is 0 Å². The van der Waals surface area contributed by atoms with Crippen LogP contribution >= 0.6 is 0 Å². The van der Waals surface area contributed by atoms with Crippen LogP contribution in [0.3, 0.4) is 0 Å². The van der Waals surface area contributed by atoms with Gasteiger partial charge in [-0.1, -0.05) is 12.1 Å². The lowest BCUT2D eigenvalue weighted by molar-refractivity contribution is 0.100. The van der Waals surface area contributed by atoms with E-state index < -0.39 is 28.9 Å². The van der Waals surface area contributed by atoms with Crippen molar-refractivity contribution in [1.29, 1.82) is 0 Å². The number of fused-ring (bicyclic) bond motifs is 1. The van der Waals surface area contributed by atoms with Gasteiger partial charge in [0.05, 0.1) is 11.8 Å². The molecular formula is C24H26BFN2O6S. The van der Waals surface area contributed by atoms with E-state index in [1.54, 1.807) is 12.1 Å². The van der Waals surface area contributed by atoms with Crippen LogP contribution < -0.4 is 5.73 Å². The minimum absolute atomic E-state index is 0.113. The summed E-state index contributed by atoms with van der Waals surface area (Å²) in [5.74, 6) is -0.834. The van der Waals surface area contributed by atoms with Gasteiger partial charge in [-0.25, -0.2) is 12.8 Å². The number of halogens is 1. The van der Waals surface area contributed by atoms with Crippen LogP contribution in [0.1, 0.15) is 40.2 Å². The molecule has 0 bridgehead atoms. The van der Waals surface area contributed by atoms with E-state index in [1.165, 1.54) is 22.5 Å². The zero-order valence-corrected chi connectivity index (χ0v) is 20.1.